The van der Waals surface area contributed by atoms with E-state index in [0.717, 1.165) is 19.3 Å². The molecule has 1 saturated carbocycles. The van der Waals surface area contributed by atoms with Gasteiger partial charge in [0, 0.05) is 17.5 Å². The molecule has 1 fully saturated rings. The smallest absolute Gasteiger partial charge is 0.243 e. The molecule has 0 aromatic carbocycles. The van der Waals surface area contributed by atoms with Gasteiger partial charge in [-0.2, -0.15) is 17.0 Å². The highest BCUT2D eigenvalue weighted by Crippen LogP contribution is 2.29. The number of sulfonamides is 1. The molecular weight excluding hydrogens is 282 g/mol. The van der Waals surface area contributed by atoms with E-state index >= 15 is 0 Å². The summed E-state index contributed by atoms with van der Waals surface area (Å²) in [5.41, 5.74) is -0.0607. The average Bonchev–Trinajstić information content (AvgIpc) is 2.85. The molecule has 2 rings (SSSR count). The Balaban J connectivity index is 2.18. The van der Waals surface area contributed by atoms with Crippen LogP contribution in [-0.2, 0) is 10.0 Å². The highest BCUT2D eigenvalue weighted by Gasteiger charge is 2.29. The maximum absolute atomic E-state index is 12.3. The second-order valence-corrected chi connectivity index (χ2v) is 7.27. The zero-order valence-corrected chi connectivity index (χ0v) is 12.2. The fourth-order valence-corrected chi connectivity index (χ4v) is 4.42. The lowest BCUT2D eigenvalue weighted by atomic mass is 10.3. The molecule has 1 aliphatic carbocycles. The number of hydrogen-bond donors (Lipinski definition) is 1. The topological polar surface area (TPSA) is 82.8 Å². The minimum absolute atomic E-state index is 0.0369. The molecule has 102 valence electrons. The van der Waals surface area contributed by atoms with Gasteiger partial charge >= 0.3 is 0 Å². The molecule has 1 N–H and O–H groups in total. The van der Waals surface area contributed by atoms with Crippen molar-refractivity contribution in [2.45, 2.75) is 35.4 Å². The maximum Gasteiger partial charge on any atom is 0.243 e. The number of rotatable bonds is 4. The molecule has 1 aromatic rings. The predicted molar refractivity (Wildman–Crippen MR) is 74.2 cm³/mol. The summed E-state index contributed by atoms with van der Waals surface area (Å²) in [6, 6.07) is 4.70. The van der Waals surface area contributed by atoms with Crippen molar-refractivity contribution in [1.82, 2.24) is 9.71 Å². The predicted octanol–water partition coefficient (Wildman–Crippen LogP) is 1.52. The second kappa shape index (κ2) is 5.90. The van der Waals surface area contributed by atoms with Gasteiger partial charge in [0.25, 0.3) is 0 Å². The van der Waals surface area contributed by atoms with Crippen LogP contribution in [0.5, 0.6) is 0 Å². The minimum atomic E-state index is -3.66. The lowest BCUT2D eigenvalue weighted by Gasteiger charge is -2.13. The van der Waals surface area contributed by atoms with Gasteiger partial charge in [-0.25, -0.2) is 18.1 Å². The minimum Gasteiger partial charge on any atom is -0.244 e. The van der Waals surface area contributed by atoms with E-state index < -0.39 is 10.0 Å². The van der Waals surface area contributed by atoms with E-state index in [1.165, 1.54) is 18.3 Å². The van der Waals surface area contributed by atoms with Crippen LogP contribution >= 0.6 is 11.8 Å². The molecule has 19 heavy (non-hydrogen) atoms. The van der Waals surface area contributed by atoms with Crippen LogP contribution in [0.4, 0.5) is 0 Å². The summed E-state index contributed by atoms with van der Waals surface area (Å²) in [6.45, 7) is 0. The van der Waals surface area contributed by atoms with Crippen molar-refractivity contribution in [3.8, 4) is 6.07 Å². The van der Waals surface area contributed by atoms with Crippen LogP contribution in [0, 0.1) is 11.3 Å². The molecule has 1 heterocycles. The van der Waals surface area contributed by atoms with Crippen molar-refractivity contribution in [2.24, 2.45) is 0 Å². The average molecular weight is 297 g/mol. The Hall–Kier alpha value is -1.10. The van der Waals surface area contributed by atoms with Crippen LogP contribution in [0.25, 0.3) is 0 Å². The van der Waals surface area contributed by atoms with Crippen molar-refractivity contribution in [1.29, 1.82) is 5.26 Å². The lowest BCUT2D eigenvalue weighted by molar-refractivity contribution is 0.552. The summed E-state index contributed by atoms with van der Waals surface area (Å²) in [7, 11) is -3.66. The SMILES string of the molecule is CSC1CCC(NS(=O)(=O)c2cccnc2C#N)C1. The summed E-state index contributed by atoms with van der Waals surface area (Å²) in [5, 5.41) is 9.43. The normalized spacial score (nSPS) is 23.2. The van der Waals surface area contributed by atoms with Crippen LogP contribution in [0.2, 0.25) is 0 Å². The van der Waals surface area contributed by atoms with Crippen molar-refractivity contribution >= 4 is 21.8 Å². The van der Waals surface area contributed by atoms with Crippen molar-refractivity contribution in [3.63, 3.8) is 0 Å². The zero-order valence-electron chi connectivity index (χ0n) is 10.5. The third-order valence-electron chi connectivity index (χ3n) is 3.21. The third-order valence-corrected chi connectivity index (χ3v) is 5.85. The molecule has 1 aliphatic rings. The molecule has 1 aromatic heterocycles. The Morgan fingerprint density at radius 3 is 2.95 bits per heavy atom. The lowest BCUT2D eigenvalue weighted by Crippen LogP contribution is -2.33. The van der Waals surface area contributed by atoms with Crippen LogP contribution in [-0.4, -0.2) is 30.9 Å². The van der Waals surface area contributed by atoms with Crippen LogP contribution in [0.3, 0.4) is 0 Å². The molecular formula is C12H15N3O2S2. The van der Waals surface area contributed by atoms with Gasteiger partial charge in [0.2, 0.25) is 10.0 Å². The highest BCUT2D eigenvalue weighted by molar-refractivity contribution is 7.99. The fourth-order valence-electron chi connectivity index (χ4n) is 2.24. The van der Waals surface area contributed by atoms with E-state index in [2.05, 4.69) is 9.71 Å². The number of nitrogens with zero attached hydrogens (tertiary/aromatic N) is 2. The highest BCUT2D eigenvalue weighted by atomic mass is 32.2. The van der Waals surface area contributed by atoms with E-state index in [4.69, 9.17) is 5.26 Å². The number of nitriles is 1. The second-order valence-electron chi connectivity index (χ2n) is 4.45. The van der Waals surface area contributed by atoms with Gasteiger partial charge in [0.15, 0.2) is 5.69 Å². The summed E-state index contributed by atoms with van der Waals surface area (Å²) in [5.74, 6) is 0. The number of pyridine rings is 1. The summed E-state index contributed by atoms with van der Waals surface area (Å²) < 4.78 is 27.2. The van der Waals surface area contributed by atoms with Crippen LogP contribution in [0.15, 0.2) is 23.2 Å². The van der Waals surface area contributed by atoms with E-state index in [-0.39, 0.29) is 16.6 Å². The molecule has 0 spiro atoms. The number of hydrogen-bond acceptors (Lipinski definition) is 5. The standard InChI is InChI=1S/C12H15N3O2S2/c1-18-10-5-4-9(7-10)15-19(16,17)12-3-2-6-14-11(12)8-13/h2-3,6,9-10,15H,4-5,7H2,1H3. The van der Waals surface area contributed by atoms with Gasteiger partial charge in [-0.1, -0.05) is 0 Å². The van der Waals surface area contributed by atoms with E-state index in [9.17, 15) is 8.42 Å². The van der Waals surface area contributed by atoms with Crippen molar-refractivity contribution in [2.75, 3.05) is 6.26 Å². The third kappa shape index (κ3) is 3.26. The molecule has 0 aliphatic heterocycles. The fraction of sp³-hybridized carbons (Fsp3) is 0.500. The van der Waals surface area contributed by atoms with E-state index in [1.54, 1.807) is 11.8 Å². The largest absolute Gasteiger partial charge is 0.244 e. The molecule has 2 unspecified atom stereocenters. The summed E-state index contributed by atoms with van der Waals surface area (Å²) in [6.07, 6.45) is 6.15. The Labute approximate surface area is 117 Å². The quantitative estimate of drug-likeness (QED) is 0.911. The number of aromatic nitrogens is 1. The summed E-state index contributed by atoms with van der Waals surface area (Å²) >= 11 is 1.77. The van der Waals surface area contributed by atoms with E-state index in [0.29, 0.717) is 5.25 Å². The van der Waals surface area contributed by atoms with Gasteiger partial charge in [0.05, 0.1) is 0 Å². The molecule has 7 heteroatoms. The first-order valence-corrected chi connectivity index (χ1v) is 8.74. The molecule has 0 radical (unpaired) electrons. The molecule has 5 nitrogen and oxygen atoms in total. The summed E-state index contributed by atoms with van der Waals surface area (Å²) in [4.78, 5) is 3.75. The van der Waals surface area contributed by atoms with Gasteiger partial charge in [-0.05, 0) is 37.7 Å². The molecule has 0 amide bonds. The van der Waals surface area contributed by atoms with Gasteiger partial charge in [-0.15, -0.1) is 0 Å². The monoisotopic (exact) mass is 297 g/mol. The first-order valence-electron chi connectivity index (χ1n) is 5.97. The van der Waals surface area contributed by atoms with Gasteiger partial charge < -0.3 is 0 Å². The van der Waals surface area contributed by atoms with Crippen molar-refractivity contribution in [3.05, 3.63) is 24.0 Å². The molecule has 2 atom stereocenters. The Morgan fingerprint density at radius 2 is 2.32 bits per heavy atom. The van der Waals surface area contributed by atoms with Crippen molar-refractivity contribution < 1.29 is 8.42 Å². The molecule has 0 saturated heterocycles. The van der Waals surface area contributed by atoms with Gasteiger partial charge in [0.1, 0.15) is 11.0 Å². The Bertz CT molecular complexity index is 595. The number of nitrogens with one attached hydrogen (secondary N) is 1. The van der Waals surface area contributed by atoms with Crippen LogP contribution in [0.1, 0.15) is 25.0 Å². The molecule has 0 bridgehead atoms. The van der Waals surface area contributed by atoms with Crippen LogP contribution < -0.4 is 4.72 Å². The maximum atomic E-state index is 12.3. The first-order chi connectivity index (χ1) is 9.06. The Morgan fingerprint density at radius 1 is 1.53 bits per heavy atom. The Kier molecular flexibility index (Phi) is 4.45. The van der Waals surface area contributed by atoms with E-state index in [1.807, 2.05) is 12.3 Å². The zero-order chi connectivity index (χ0) is 13.9. The first kappa shape index (κ1) is 14.3. The number of thioether (sulfide) groups is 1. The van der Waals surface area contributed by atoms with Gasteiger partial charge in [-0.3, -0.25) is 0 Å².